The average Bonchev–Trinajstić information content (AvgIpc) is 2.99. The Morgan fingerprint density at radius 3 is 3.04 bits per heavy atom. The number of nitrogens with zero attached hydrogens (tertiary/aromatic N) is 4. The second-order valence-electron chi connectivity index (χ2n) is 6.39. The number of hydrogen-bond acceptors (Lipinski definition) is 4. The fraction of sp³-hybridized carbons (Fsp3) is 0.500. The van der Waals surface area contributed by atoms with Crippen LogP contribution >= 0.6 is 11.6 Å². The Balaban J connectivity index is 1.63. The number of halogens is 1. The minimum absolute atomic E-state index is 0.221. The molecule has 1 aliphatic heterocycles. The summed E-state index contributed by atoms with van der Waals surface area (Å²) in [5.41, 5.74) is 0.689. The van der Waals surface area contributed by atoms with Gasteiger partial charge in [-0.2, -0.15) is 5.10 Å². The quantitative estimate of drug-likeness (QED) is 0.547. The summed E-state index contributed by atoms with van der Waals surface area (Å²) in [5.74, 6) is 2.53. The van der Waals surface area contributed by atoms with Gasteiger partial charge in [-0.3, -0.25) is 4.99 Å². The molecule has 1 aliphatic rings. The molecule has 0 spiro atoms. The first kappa shape index (κ1) is 18.7. The highest BCUT2D eigenvalue weighted by atomic mass is 35.5. The molecule has 2 heterocycles. The van der Waals surface area contributed by atoms with E-state index in [0.717, 1.165) is 37.6 Å². The summed E-state index contributed by atoms with van der Waals surface area (Å²) in [4.78, 5) is 8.96. The Kier molecular flexibility index (Phi) is 6.11. The van der Waals surface area contributed by atoms with Gasteiger partial charge >= 0.3 is 0 Å². The number of guanidine groups is 1. The second kappa shape index (κ2) is 8.51. The zero-order chi connectivity index (χ0) is 18.5. The van der Waals surface area contributed by atoms with Crippen molar-refractivity contribution < 1.29 is 5.11 Å². The van der Waals surface area contributed by atoms with E-state index in [0.29, 0.717) is 16.5 Å². The van der Waals surface area contributed by atoms with E-state index in [2.05, 4.69) is 25.7 Å². The van der Waals surface area contributed by atoms with Crippen LogP contribution in [0.5, 0.6) is 0 Å². The molecule has 8 heteroatoms. The first-order valence-corrected chi connectivity index (χ1v) is 9.32. The number of aliphatic imine (C=N–C) groups is 1. The van der Waals surface area contributed by atoms with E-state index >= 15 is 0 Å². The average molecular weight is 377 g/mol. The molecule has 0 amide bonds. The Hall–Kier alpha value is -2.12. The van der Waals surface area contributed by atoms with E-state index in [9.17, 15) is 5.11 Å². The van der Waals surface area contributed by atoms with E-state index < -0.39 is 6.10 Å². The molecule has 3 N–H and O–H groups in total. The van der Waals surface area contributed by atoms with E-state index in [-0.39, 0.29) is 12.6 Å². The van der Waals surface area contributed by atoms with Crippen molar-refractivity contribution in [2.75, 3.05) is 13.1 Å². The SMILES string of the molecule is CCNC(=NCC(O)c1ccccc1Cl)NC1CCc2nc(C)nn2C1. The van der Waals surface area contributed by atoms with Crippen molar-refractivity contribution >= 4 is 17.6 Å². The zero-order valence-electron chi connectivity index (χ0n) is 15.1. The van der Waals surface area contributed by atoms with E-state index in [1.807, 2.05) is 36.7 Å². The maximum atomic E-state index is 10.4. The third-order valence-corrected chi connectivity index (χ3v) is 4.68. The van der Waals surface area contributed by atoms with Crippen LogP contribution in [0.2, 0.25) is 5.02 Å². The Morgan fingerprint density at radius 1 is 1.46 bits per heavy atom. The fourth-order valence-electron chi connectivity index (χ4n) is 3.09. The van der Waals surface area contributed by atoms with Crippen molar-refractivity contribution in [1.29, 1.82) is 0 Å². The third-order valence-electron chi connectivity index (χ3n) is 4.34. The van der Waals surface area contributed by atoms with Crippen LogP contribution < -0.4 is 10.6 Å². The molecule has 0 saturated carbocycles. The highest BCUT2D eigenvalue weighted by molar-refractivity contribution is 6.31. The summed E-state index contributed by atoms with van der Waals surface area (Å²) in [6.07, 6.45) is 1.12. The van der Waals surface area contributed by atoms with Crippen molar-refractivity contribution in [3.63, 3.8) is 0 Å². The molecule has 140 valence electrons. The summed E-state index contributed by atoms with van der Waals surface area (Å²) < 4.78 is 1.96. The largest absolute Gasteiger partial charge is 0.386 e. The molecule has 0 radical (unpaired) electrons. The predicted octanol–water partition coefficient (Wildman–Crippen LogP) is 1.84. The van der Waals surface area contributed by atoms with Gasteiger partial charge < -0.3 is 15.7 Å². The molecule has 3 rings (SSSR count). The van der Waals surface area contributed by atoms with Crippen LogP contribution in [0.3, 0.4) is 0 Å². The molecule has 7 nitrogen and oxygen atoms in total. The maximum absolute atomic E-state index is 10.4. The van der Waals surface area contributed by atoms with Gasteiger partial charge in [-0.25, -0.2) is 9.67 Å². The lowest BCUT2D eigenvalue weighted by Crippen LogP contribution is -2.47. The summed E-state index contributed by atoms with van der Waals surface area (Å²) in [7, 11) is 0. The van der Waals surface area contributed by atoms with Gasteiger partial charge in [-0.05, 0) is 26.3 Å². The van der Waals surface area contributed by atoms with Crippen molar-refractivity contribution in [3.8, 4) is 0 Å². The minimum atomic E-state index is -0.741. The zero-order valence-corrected chi connectivity index (χ0v) is 15.9. The number of benzene rings is 1. The van der Waals surface area contributed by atoms with E-state index in [4.69, 9.17) is 11.6 Å². The first-order valence-electron chi connectivity index (χ1n) is 8.94. The first-order chi connectivity index (χ1) is 12.6. The van der Waals surface area contributed by atoms with Crippen LogP contribution in [-0.4, -0.2) is 45.0 Å². The van der Waals surface area contributed by atoms with E-state index in [1.54, 1.807) is 6.07 Å². The molecule has 0 saturated heterocycles. The topological polar surface area (TPSA) is 87.4 Å². The monoisotopic (exact) mass is 376 g/mol. The van der Waals surface area contributed by atoms with Crippen molar-refractivity contribution in [2.45, 2.75) is 45.4 Å². The molecular weight excluding hydrogens is 352 g/mol. The van der Waals surface area contributed by atoms with Crippen LogP contribution in [0, 0.1) is 6.92 Å². The highest BCUT2D eigenvalue weighted by Crippen LogP contribution is 2.22. The molecule has 0 aliphatic carbocycles. The summed E-state index contributed by atoms with van der Waals surface area (Å²) >= 11 is 6.15. The number of hydrogen-bond donors (Lipinski definition) is 3. The molecule has 2 aromatic rings. The van der Waals surface area contributed by atoms with Gasteiger partial charge in [0.1, 0.15) is 17.8 Å². The Morgan fingerprint density at radius 2 is 2.27 bits per heavy atom. The van der Waals surface area contributed by atoms with Gasteiger partial charge in [-0.1, -0.05) is 29.8 Å². The Bertz CT molecular complexity index is 775. The van der Waals surface area contributed by atoms with Gasteiger partial charge in [0.05, 0.1) is 13.1 Å². The maximum Gasteiger partial charge on any atom is 0.191 e. The van der Waals surface area contributed by atoms with Gasteiger partial charge in [0.25, 0.3) is 0 Å². The number of aryl methyl sites for hydroxylation is 2. The van der Waals surface area contributed by atoms with Crippen molar-refractivity contribution in [3.05, 3.63) is 46.5 Å². The summed E-state index contributed by atoms with van der Waals surface area (Å²) in [6.45, 7) is 5.67. The molecule has 1 aromatic heterocycles. The smallest absolute Gasteiger partial charge is 0.191 e. The van der Waals surface area contributed by atoms with Gasteiger partial charge in [0, 0.05) is 29.6 Å². The van der Waals surface area contributed by atoms with Crippen LogP contribution in [0.4, 0.5) is 0 Å². The summed E-state index contributed by atoms with van der Waals surface area (Å²) in [6, 6.07) is 7.51. The lowest BCUT2D eigenvalue weighted by Gasteiger charge is -2.25. The highest BCUT2D eigenvalue weighted by Gasteiger charge is 2.21. The molecule has 2 unspecified atom stereocenters. The van der Waals surface area contributed by atoms with Gasteiger partial charge in [-0.15, -0.1) is 0 Å². The third kappa shape index (κ3) is 4.53. The molecule has 0 bridgehead atoms. The number of fused-ring (bicyclic) bond motifs is 1. The van der Waals surface area contributed by atoms with Crippen molar-refractivity contribution in [1.82, 2.24) is 25.4 Å². The van der Waals surface area contributed by atoms with Crippen LogP contribution in [0.1, 0.15) is 36.7 Å². The standard InChI is InChI=1S/C18H25ClN6O/c1-3-20-18(21-10-16(26)14-6-4-5-7-15(14)19)23-13-8-9-17-22-12(2)24-25(17)11-13/h4-7,13,16,26H,3,8-11H2,1-2H3,(H2,20,21,23). The lowest BCUT2D eigenvalue weighted by atomic mass is 10.1. The van der Waals surface area contributed by atoms with Crippen LogP contribution in [0.15, 0.2) is 29.3 Å². The molecular formula is C18H25ClN6O. The van der Waals surface area contributed by atoms with Crippen LogP contribution in [0.25, 0.3) is 0 Å². The van der Waals surface area contributed by atoms with Gasteiger partial charge in [0.2, 0.25) is 0 Å². The molecule has 26 heavy (non-hydrogen) atoms. The molecule has 0 fully saturated rings. The second-order valence-corrected chi connectivity index (χ2v) is 6.80. The van der Waals surface area contributed by atoms with Crippen LogP contribution in [-0.2, 0) is 13.0 Å². The van der Waals surface area contributed by atoms with E-state index in [1.165, 1.54) is 0 Å². The Labute approximate surface area is 158 Å². The number of aliphatic hydroxyl groups is 1. The molecule has 1 aromatic carbocycles. The number of nitrogens with one attached hydrogen (secondary N) is 2. The number of aliphatic hydroxyl groups excluding tert-OH is 1. The van der Waals surface area contributed by atoms with Crippen molar-refractivity contribution in [2.24, 2.45) is 4.99 Å². The number of aromatic nitrogens is 3. The lowest BCUT2D eigenvalue weighted by molar-refractivity contribution is 0.187. The predicted molar refractivity (Wildman–Crippen MR) is 102 cm³/mol. The fourth-order valence-corrected chi connectivity index (χ4v) is 3.35. The number of rotatable bonds is 5. The minimum Gasteiger partial charge on any atom is -0.386 e. The summed E-state index contributed by atoms with van der Waals surface area (Å²) in [5, 5.41) is 22.0. The van der Waals surface area contributed by atoms with Gasteiger partial charge in [0.15, 0.2) is 5.96 Å². The normalized spacial score (nSPS) is 18.3. The molecule has 2 atom stereocenters.